The Morgan fingerprint density at radius 2 is 2.24 bits per heavy atom. The van der Waals surface area contributed by atoms with Crippen molar-refractivity contribution in [3.8, 4) is 0 Å². The fourth-order valence-electron chi connectivity index (χ4n) is 1.24. The van der Waals surface area contributed by atoms with Gasteiger partial charge in [-0.15, -0.1) is 0 Å². The van der Waals surface area contributed by atoms with Gasteiger partial charge in [0, 0.05) is 11.8 Å². The van der Waals surface area contributed by atoms with Gasteiger partial charge in [0.2, 0.25) is 0 Å². The second-order valence-electron chi connectivity index (χ2n) is 3.41. The second kappa shape index (κ2) is 4.67. The summed E-state index contributed by atoms with van der Waals surface area (Å²) in [5.74, 6) is -0.240. The van der Waals surface area contributed by atoms with Crippen molar-refractivity contribution in [3.05, 3.63) is 46.0 Å². The van der Waals surface area contributed by atoms with Gasteiger partial charge in [-0.05, 0) is 41.1 Å². The molecule has 0 aliphatic rings. The maximum absolute atomic E-state index is 13.0. The van der Waals surface area contributed by atoms with Crippen LogP contribution in [0, 0.1) is 12.7 Å². The lowest BCUT2D eigenvalue weighted by molar-refractivity contribution is 0.101. The largest absolute Gasteiger partial charge is 0.361 e. The first-order valence-corrected chi connectivity index (χ1v) is 5.55. The first-order valence-electron chi connectivity index (χ1n) is 4.76. The molecule has 1 N–H and O–H groups in total. The Hall–Kier alpha value is -1.69. The van der Waals surface area contributed by atoms with E-state index < -0.39 is 5.91 Å². The summed E-state index contributed by atoms with van der Waals surface area (Å²) >= 11 is 3.04. The third kappa shape index (κ3) is 2.71. The molecule has 2 rings (SSSR count). The van der Waals surface area contributed by atoms with Crippen LogP contribution in [0.25, 0.3) is 0 Å². The van der Waals surface area contributed by atoms with Crippen LogP contribution in [0.15, 0.2) is 33.3 Å². The summed E-state index contributed by atoms with van der Waals surface area (Å²) in [6.07, 6.45) is 0. The van der Waals surface area contributed by atoms with Gasteiger partial charge >= 0.3 is 0 Å². The summed E-state index contributed by atoms with van der Waals surface area (Å²) in [6.45, 7) is 1.69. The van der Waals surface area contributed by atoms with E-state index in [0.717, 1.165) is 0 Å². The summed E-state index contributed by atoms with van der Waals surface area (Å²) in [7, 11) is 0. The van der Waals surface area contributed by atoms with E-state index in [1.807, 2.05) is 0 Å². The molecule has 17 heavy (non-hydrogen) atoms. The highest BCUT2D eigenvalue weighted by Gasteiger charge is 2.11. The summed E-state index contributed by atoms with van der Waals surface area (Å²) < 4.78 is 18.0. The zero-order valence-electron chi connectivity index (χ0n) is 8.83. The lowest BCUT2D eigenvalue weighted by atomic mass is 10.3. The zero-order chi connectivity index (χ0) is 12.4. The fraction of sp³-hybridized carbons (Fsp3) is 0.0909. The molecule has 0 unspecified atom stereocenters. The van der Waals surface area contributed by atoms with Crippen molar-refractivity contribution in [3.63, 3.8) is 0 Å². The average molecular weight is 299 g/mol. The topological polar surface area (TPSA) is 55.1 Å². The van der Waals surface area contributed by atoms with Crippen LogP contribution in [0.4, 0.5) is 10.1 Å². The van der Waals surface area contributed by atoms with E-state index in [9.17, 15) is 9.18 Å². The van der Waals surface area contributed by atoms with Crippen LogP contribution in [-0.2, 0) is 0 Å². The van der Waals surface area contributed by atoms with Crippen molar-refractivity contribution < 1.29 is 13.7 Å². The third-order valence-corrected chi connectivity index (χ3v) is 2.65. The molecular formula is C11H8BrFN2O2. The first-order chi connectivity index (χ1) is 8.06. The highest BCUT2D eigenvalue weighted by molar-refractivity contribution is 9.10. The lowest BCUT2D eigenvalue weighted by Crippen LogP contribution is -2.12. The summed E-state index contributed by atoms with van der Waals surface area (Å²) in [5.41, 5.74) is 0.659. The van der Waals surface area contributed by atoms with Crippen molar-refractivity contribution in [1.29, 1.82) is 0 Å². The minimum atomic E-state index is -0.402. The van der Waals surface area contributed by atoms with E-state index >= 15 is 0 Å². The van der Waals surface area contributed by atoms with Crippen LogP contribution in [0.1, 0.15) is 16.2 Å². The Kier molecular flexibility index (Phi) is 3.23. The molecule has 0 bridgehead atoms. The fourth-order valence-corrected chi connectivity index (χ4v) is 1.62. The molecule has 1 heterocycles. The molecule has 88 valence electrons. The number of carbonyl (C=O) groups excluding carboxylic acids is 1. The second-order valence-corrected chi connectivity index (χ2v) is 4.26. The Balaban J connectivity index is 2.15. The normalized spacial score (nSPS) is 10.3. The molecule has 6 heteroatoms. The van der Waals surface area contributed by atoms with Gasteiger partial charge in [-0.1, -0.05) is 5.16 Å². The molecule has 4 nitrogen and oxygen atoms in total. The van der Waals surface area contributed by atoms with E-state index in [1.165, 1.54) is 24.3 Å². The smallest absolute Gasteiger partial charge is 0.277 e. The molecule has 0 aliphatic carbocycles. The molecule has 0 spiro atoms. The molecular weight excluding hydrogens is 291 g/mol. The highest BCUT2D eigenvalue weighted by atomic mass is 79.9. The Bertz CT molecular complexity index is 568. The van der Waals surface area contributed by atoms with Gasteiger partial charge in [0.15, 0.2) is 5.69 Å². The van der Waals surface area contributed by atoms with Gasteiger partial charge in [-0.2, -0.15) is 0 Å². The van der Waals surface area contributed by atoms with Crippen LogP contribution in [0.5, 0.6) is 0 Å². The standard InChI is InChI=1S/C11H8BrFN2O2/c1-6-4-10(15-17-6)11(16)14-7-2-3-9(13)8(12)5-7/h2-5H,1H3,(H,14,16). The van der Waals surface area contributed by atoms with Crippen LogP contribution in [-0.4, -0.2) is 11.1 Å². The van der Waals surface area contributed by atoms with Gasteiger partial charge in [-0.25, -0.2) is 4.39 Å². The number of aryl methyl sites for hydroxylation is 1. The summed E-state index contributed by atoms with van der Waals surface area (Å²) in [5, 5.41) is 6.16. The predicted molar refractivity (Wildman–Crippen MR) is 63.3 cm³/mol. The van der Waals surface area contributed by atoms with Gasteiger partial charge in [-0.3, -0.25) is 4.79 Å². The molecule has 1 amide bonds. The minimum Gasteiger partial charge on any atom is -0.361 e. The lowest BCUT2D eigenvalue weighted by Gasteiger charge is -2.03. The Labute approximate surface area is 105 Å². The van der Waals surface area contributed by atoms with Crippen LogP contribution in [0.2, 0.25) is 0 Å². The van der Waals surface area contributed by atoms with Gasteiger partial charge in [0.1, 0.15) is 11.6 Å². The van der Waals surface area contributed by atoms with Gasteiger partial charge in [0.25, 0.3) is 5.91 Å². The molecule has 0 saturated carbocycles. The predicted octanol–water partition coefficient (Wildman–Crippen LogP) is 3.14. The van der Waals surface area contributed by atoms with Gasteiger partial charge in [0.05, 0.1) is 4.47 Å². The van der Waals surface area contributed by atoms with Crippen LogP contribution < -0.4 is 5.32 Å². The number of amides is 1. The van der Waals surface area contributed by atoms with Crippen molar-refractivity contribution in [2.75, 3.05) is 5.32 Å². The molecule has 0 radical (unpaired) electrons. The maximum Gasteiger partial charge on any atom is 0.277 e. The van der Waals surface area contributed by atoms with Crippen LogP contribution >= 0.6 is 15.9 Å². The quantitative estimate of drug-likeness (QED) is 0.927. The molecule has 0 saturated heterocycles. The Morgan fingerprint density at radius 1 is 1.47 bits per heavy atom. The number of benzene rings is 1. The molecule has 0 aliphatic heterocycles. The molecule has 0 atom stereocenters. The molecule has 2 aromatic rings. The van der Waals surface area contributed by atoms with E-state index in [0.29, 0.717) is 11.4 Å². The number of anilines is 1. The SMILES string of the molecule is Cc1cc(C(=O)Nc2ccc(F)c(Br)c2)no1. The molecule has 1 aromatic heterocycles. The highest BCUT2D eigenvalue weighted by Crippen LogP contribution is 2.20. The number of aromatic nitrogens is 1. The van der Waals surface area contributed by atoms with Crippen molar-refractivity contribution >= 4 is 27.5 Å². The summed E-state index contributed by atoms with van der Waals surface area (Å²) in [4.78, 5) is 11.7. The van der Waals surface area contributed by atoms with Crippen LogP contribution in [0.3, 0.4) is 0 Å². The molecule has 0 fully saturated rings. The zero-order valence-corrected chi connectivity index (χ0v) is 10.4. The maximum atomic E-state index is 13.0. The van der Waals surface area contributed by atoms with Crippen molar-refractivity contribution in [2.45, 2.75) is 6.92 Å². The number of hydrogen-bond acceptors (Lipinski definition) is 3. The van der Waals surface area contributed by atoms with Crippen molar-refractivity contribution in [2.24, 2.45) is 0 Å². The van der Waals surface area contributed by atoms with E-state index in [1.54, 1.807) is 6.92 Å². The summed E-state index contributed by atoms with van der Waals surface area (Å²) in [6, 6.07) is 5.72. The number of halogens is 2. The number of carbonyl (C=O) groups is 1. The first kappa shape index (κ1) is 11.8. The average Bonchev–Trinajstić information content (AvgIpc) is 2.70. The number of hydrogen-bond donors (Lipinski definition) is 1. The molecule has 1 aromatic carbocycles. The monoisotopic (exact) mass is 298 g/mol. The van der Waals surface area contributed by atoms with Gasteiger partial charge < -0.3 is 9.84 Å². The number of nitrogens with one attached hydrogen (secondary N) is 1. The van der Waals surface area contributed by atoms with E-state index in [-0.39, 0.29) is 16.0 Å². The Morgan fingerprint density at radius 3 is 2.82 bits per heavy atom. The van der Waals surface area contributed by atoms with Crippen molar-refractivity contribution in [1.82, 2.24) is 5.16 Å². The minimum absolute atomic E-state index is 0.183. The van der Waals surface area contributed by atoms with E-state index in [4.69, 9.17) is 4.52 Å². The number of nitrogens with zero attached hydrogens (tertiary/aromatic N) is 1. The number of rotatable bonds is 2. The van der Waals surface area contributed by atoms with E-state index in [2.05, 4.69) is 26.4 Å². The third-order valence-electron chi connectivity index (χ3n) is 2.04.